The van der Waals surface area contributed by atoms with Gasteiger partial charge >= 0.3 is 0 Å². The molecule has 2 heterocycles. The Labute approximate surface area is 207 Å². The predicted octanol–water partition coefficient (Wildman–Crippen LogP) is 5.17. The molecule has 0 spiro atoms. The molecule has 1 aromatic rings. The minimum atomic E-state index is -1.84. The molecular formula is C27H46O6Si. The first kappa shape index (κ1) is 27.8. The summed E-state index contributed by atoms with van der Waals surface area (Å²) in [5, 5.41) is 11.4. The van der Waals surface area contributed by atoms with Gasteiger partial charge in [-0.05, 0) is 18.1 Å². The molecule has 0 unspecified atom stereocenters. The van der Waals surface area contributed by atoms with Gasteiger partial charge in [-0.25, -0.2) is 0 Å². The molecule has 0 radical (unpaired) electrons. The quantitative estimate of drug-likeness (QED) is 0.503. The van der Waals surface area contributed by atoms with E-state index in [0.29, 0.717) is 13.2 Å². The highest BCUT2D eigenvalue weighted by atomic mass is 28.4. The van der Waals surface area contributed by atoms with Gasteiger partial charge < -0.3 is 28.5 Å². The van der Waals surface area contributed by atoms with E-state index in [-0.39, 0.29) is 41.1 Å². The summed E-state index contributed by atoms with van der Waals surface area (Å²) in [6.45, 7) is 18.7. The molecule has 7 heteroatoms. The largest absolute Gasteiger partial charge is 0.416 e. The molecule has 0 saturated carbocycles. The van der Waals surface area contributed by atoms with Crippen LogP contribution in [-0.4, -0.2) is 64.3 Å². The standard InChI is InChI=1S/C27H46O6Si/c1-17(15-31-34(8,9)27(4,5)6)23(29-7)19(3)24-18(2)22(28)25-21(32-24)16-30-26(33-25)20-13-11-10-12-14-20/h10-14,17-19,21-26,28H,15-16H2,1-9H3/t17-,18-,19+,21-,22-,23+,24+,25-,26-/m1/s1. The Morgan fingerprint density at radius 3 is 2.35 bits per heavy atom. The third-order valence-corrected chi connectivity index (χ3v) is 12.7. The van der Waals surface area contributed by atoms with Gasteiger partial charge in [-0.3, -0.25) is 0 Å². The topological polar surface area (TPSA) is 66.4 Å². The van der Waals surface area contributed by atoms with Gasteiger partial charge in [-0.15, -0.1) is 0 Å². The zero-order valence-corrected chi connectivity index (χ0v) is 23.5. The van der Waals surface area contributed by atoms with Crippen LogP contribution in [0.5, 0.6) is 0 Å². The zero-order chi connectivity index (χ0) is 25.3. The fourth-order valence-corrected chi connectivity index (χ4v) is 6.09. The van der Waals surface area contributed by atoms with Crippen molar-refractivity contribution in [2.45, 2.75) is 96.5 Å². The lowest BCUT2D eigenvalue weighted by Gasteiger charge is -2.50. The zero-order valence-electron chi connectivity index (χ0n) is 22.5. The molecule has 9 atom stereocenters. The van der Waals surface area contributed by atoms with Crippen LogP contribution in [0, 0.1) is 17.8 Å². The Kier molecular flexibility index (Phi) is 9.05. The summed E-state index contributed by atoms with van der Waals surface area (Å²) in [5.74, 6) is 0.165. The third kappa shape index (κ3) is 5.94. The predicted molar refractivity (Wildman–Crippen MR) is 136 cm³/mol. The van der Waals surface area contributed by atoms with Crippen LogP contribution in [0.4, 0.5) is 0 Å². The number of hydrogen-bond donors (Lipinski definition) is 1. The molecule has 34 heavy (non-hydrogen) atoms. The molecule has 3 rings (SSSR count). The number of ether oxygens (including phenoxy) is 4. The van der Waals surface area contributed by atoms with Gasteiger partial charge in [0.25, 0.3) is 0 Å². The van der Waals surface area contributed by atoms with E-state index in [1.807, 2.05) is 37.3 Å². The number of rotatable bonds is 8. The number of benzene rings is 1. The molecule has 1 N–H and O–H groups in total. The van der Waals surface area contributed by atoms with Crippen molar-refractivity contribution in [1.29, 1.82) is 0 Å². The van der Waals surface area contributed by atoms with E-state index in [2.05, 4.69) is 47.7 Å². The highest BCUT2D eigenvalue weighted by molar-refractivity contribution is 6.74. The van der Waals surface area contributed by atoms with Crippen molar-refractivity contribution in [3.8, 4) is 0 Å². The van der Waals surface area contributed by atoms with Crippen LogP contribution in [-0.2, 0) is 23.4 Å². The van der Waals surface area contributed by atoms with Crippen LogP contribution in [0.2, 0.25) is 18.1 Å². The van der Waals surface area contributed by atoms with Gasteiger partial charge in [0, 0.05) is 37.0 Å². The molecule has 6 nitrogen and oxygen atoms in total. The van der Waals surface area contributed by atoms with Gasteiger partial charge in [0.05, 0.1) is 24.9 Å². The summed E-state index contributed by atoms with van der Waals surface area (Å²) in [5.41, 5.74) is 0.950. The molecule has 0 amide bonds. The molecular weight excluding hydrogens is 448 g/mol. The Bertz CT molecular complexity index is 764. The third-order valence-electron chi connectivity index (χ3n) is 8.24. The minimum absolute atomic E-state index is 0.0523. The average molecular weight is 495 g/mol. The fraction of sp³-hybridized carbons (Fsp3) is 0.778. The molecule has 2 aliphatic rings. The maximum absolute atomic E-state index is 11.2. The number of aliphatic hydroxyl groups excluding tert-OH is 1. The highest BCUT2D eigenvalue weighted by Crippen LogP contribution is 2.40. The van der Waals surface area contributed by atoms with E-state index in [4.69, 9.17) is 23.4 Å². The smallest absolute Gasteiger partial charge is 0.191 e. The highest BCUT2D eigenvalue weighted by Gasteiger charge is 2.50. The van der Waals surface area contributed by atoms with Crippen molar-refractivity contribution >= 4 is 8.32 Å². The van der Waals surface area contributed by atoms with Gasteiger partial charge in [0.1, 0.15) is 12.2 Å². The van der Waals surface area contributed by atoms with E-state index in [0.717, 1.165) is 5.56 Å². The van der Waals surface area contributed by atoms with Gasteiger partial charge in [-0.2, -0.15) is 0 Å². The molecule has 1 aromatic carbocycles. The summed E-state index contributed by atoms with van der Waals surface area (Å²) in [6.07, 6.45) is -2.08. The Hall–Kier alpha value is -0.803. The van der Waals surface area contributed by atoms with Crippen LogP contribution in [0.1, 0.15) is 53.4 Å². The normalized spacial score (nSPS) is 33.1. The summed E-state index contributed by atoms with van der Waals surface area (Å²) in [4.78, 5) is 0. The lowest BCUT2D eigenvalue weighted by molar-refractivity contribution is -0.327. The first-order valence-corrected chi connectivity index (χ1v) is 15.6. The Balaban J connectivity index is 1.65. The van der Waals surface area contributed by atoms with E-state index in [1.54, 1.807) is 7.11 Å². The number of aliphatic hydroxyl groups is 1. The molecule has 0 aromatic heterocycles. The maximum atomic E-state index is 11.2. The fourth-order valence-electron chi connectivity index (χ4n) is 4.97. The van der Waals surface area contributed by atoms with E-state index >= 15 is 0 Å². The van der Waals surface area contributed by atoms with Gasteiger partial charge in [0.15, 0.2) is 14.6 Å². The number of fused-ring (bicyclic) bond motifs is 1. The first-order chi connectivity index (χ1) is 15.9. The number of hydrogen-bond acceptors (Lipinski definition) is 6. The summed E-state index contributed by atoms with van der Waals surface area (Å²) in [6, 6.07) is 9.84. The monoisotopic (exact) mass is 494 g/mol. The first-order valence-electron chi connectivity index (χ1n) is 12.7. The molecule has 2 saturated heterocycles. The van der Waals surface area contributed by atoms with Crippen LogP contribution in [0.25, 0.3) is 0 Å². The van der Waals surface area contributed by atoms with Gasteiger partial charge in [-0.1, -0.05) is 71.9 Å². The van der Waals surface area contributed by atoms with Crippen molar-refractivity contribution in [3.63, 3.8) is 0 Å². The summed E-state index contributed by atoms with van der Waals surface area (Å²) in [7, 11) is -0.0849. The van der Waals surface area contributed by atoms with E-state index in [9.17, 15) is 5.11 Å². The average Bonchev–Trinajstić information content (AvgIpc) is 2.80. The second kappa shape index (κ2) is 11.1. The molecule has 2 aliphatic heterocycles. The maximum Gasteiger partial charge on any atom is 0.191 e. The minimum Gasteiger partial charge on any atom is -0.416 e. The lowest BCUT2D eigenvalue weighted by atomic mass is 9.78. The summed E-state index contributed by atoms with van der Waals surface area (Å²) >= 11 is 0. The Morgan fingerprint density at radius 1 is 1.12 bits per heavy atom. The molecule has 0 aliphatic carbocycles. The second-order valence-corrected chi connectivity index (χ2v) is 16.6. The van der Waals surface area contributed by atoms with Crippen LogP contribution in [0.15, 0.2) is 30.3 Å². The SMILES string of the molecule is CO[C@H]([C@H](C)[C@H]1O[C@@H]2CO[C@@H](c3ccccc3)O[C@H]2[C@H](O)[C@H]1C)[C@H](C)CO[Si](C)(C)C(C)(C)C. The van der Waals surface area contributed by atoms with Crippen molar-refractivity contribution in [2.24, 2.45) is 17.8 Å². The van der Waals surface area contributed by atoms with E-state index < -0.39 is 26.8 Å². The van der Waals surface area contributed by atoms with Gasteiger partial charge in [0.2, 0.25) is 0 Å². The van der Waals surface area contributed by atoms with Crippen LogP contribution < -0.4 is 0 Å². The van der Waals surface area contributed by atoms with Crippen molar-refractivity contribution in [1.82, 2.24) is 0 Å². The lowest BCUT2D eigenvalue weighted by Crippen LogP contribution is -2.61. The Morgan fingerprint density at radius 2 is 1.76 bits per heavy atom. The molecule has 0 bridgehead atoms. The number of methoxy groups -OCH3 is 1. The summed E-state index contributed by atoms with van der Waals surface area (Å²) < 4.78 is 31.2. The van der Waals surface area contributed by atoms with Crippen molar-refractivity contribution in [2.75, 3.05) is 20.3 Å². The molecule has 2 fully saturated rings. The van der Waals surface area contributed by atoms with Crippen molar-refractivity contribution < 1.29 is 28.5 Å². The van der Waals surface area contributed by atoms with Crippen molar-refractivity contribution in [3.05, 3.63) is 35.9 Å². The second-order valence-electron chi connectivity index (χ2n) is 11.8. The van der Waals surface area contributed by atoms with Crippen LogP contribution >= 0.6 is 0 Å². The van der Waals surface area contributed by atoms with E-state index in [1.165, 1.54) is 0 Å². The molecule has 194 valence electrons. The van der Waals surface area contributed by atoms with Crippen LogP contribution in [0.3, 0.4) is 0 Å².